The van der Waals surface area contributed by atoms with Crippen LogP contribution in [0.3, 0.4) is 0 Å². The van der Waals surface area contributed by atoms with Crippen molar-refractivity contribution < 1.29 is 9.21 Å². The van der Waals surface area contributed by atoms with Crippen molar-refractivity contribution in [2.75, 3.05) is 13.1 Å². The molecule has 0 spiro atoms. The van der Waals surface area contributed by atoms with Crippen LogP contribution in [0.1, 0.15) is 34.9 Å². The molecule has 6 nitrogen and oxygen atoms in total. The van der Waals surface area contributed by atoms with Gasteiger partial charge in [0.25, 0.3) is 11.5 Å². The maximum absolute atomic E-state index is 12.7. The number of benzene rings is 2. The van der Waals surface area contributed by atoms with E-state index in [0.717, 1.165) is 22.7 Å². The number of piperidine rings is 1. The number of aromatic amines is 1. The first-order valence-electron chi connectivity index (χ1n) is 9.56. The molecule has 1 aliphatic rings. The zero-order valence-electron chi connectivity index (χ0n) is 15.5. The number of carbonyl (C=O) groups is 1. The van der Waals surface area contributed by atoms with Crippen molar-refractivity contribution in [2.45, 2.75) is 18.8 Å². The van der Waals surface area contributed by atoms with Gasteiger partial charge < -0.3 is 14.3 Å². The molecule has 0 bridgehead atoms. The van der Waals surface area contributed by atoms with Crippen molar-refractivity contribution in [1.29, 1.82) is 0 Å². The lowest BCUT2D eigenvalue weighted by Crippen LogP contribution is -2.38. The first-order chi connectivity index (χ1) is 14.1. The van der Waals surface area contributed by atoms with E-state index < -0.39 is 0 Å². The second kappa shape index (κ2) is 7.15. The van der Waals surface area contributed by atoms with Crippen LogP contribution in [-0.2, 0) is 0 Å². The van der Waals surface area contributed by atoms with Gasteiger partial charge in [-0.2, -0.15) is 0 Å². The summed E-state index contributed by atoms with van der Waals surface area (Å²) in [6, 6.07) is 14.9. The Hall–Kier alpha value is -2.93. The van der Waals surface area contributed by atoms with Crippen LogP contribution in [0.15, 0.2) is 62.2 Å². The topological polar surface area (TPSA) is 79.2 Å². The van der Waals surface area contributed by atoms with Crippen molar-refractivity contribution in [2.24, 2.45) is 0 Å². The predicted molar refractivity (Wildman–Crippen MR) is 114 cm³/mol. The molecule has 1 N–H and O–H groups in total. The number of likely N-dealkylation sites (tertiary alicyclic amines) is 1. The molecule has 3 heterocycles. The summed E-state index contributed by atoms with van der Waals surface area (Å²) in [6.45, 7) is 1.27. The first kappa shape index (κ1) is 18.1. The van der Waals surface area contributed by atoms with Gasteiger partial charge in [-0.25, -0.2) is 4.98 Å². The number of halogens is 1. The zero-order valence-corrected chi connectivity index (χ0v) is 17.1. The van der Waals surface area contributed by atoms with E-state index in [1.54, 1.807) is 0 Å². The summed E-state index contributed by atoms with van der Waals surface area (Å²) < 4.78 is 6.60. The molecule has 1 saturated heterocycles. The molecule has 1 aliphatic heterocycles. The smallest absolute Gasteiger partial charge is 0.294 e. The third-order valence-electron chi connectivity index (χ3n) is 5.49. The summed E-state index contributed by atoms with van der Waals surface area (Å²) in [5.41, 5.74) is 1.91. The van der Waals surface area contributed by atoms with Gasteiger partial charge in [-0.3, -0.25) is 9.59 Å². The average molecular weight is 452 g/mol. The number of furan rings is 1. The lowest BCUT2D eigenvalue weighted by molar-refractivity contribution is 0.0711. The Kier molecular flexibility index (Phi) is 4.47. The van der Waals surface area contributed by atoms with Gasteiger partial charge in [0.05, 0.1) is 0 Å². The highest BCUT2D eigenvalue weighted by Gasteiger charge is 2.27. The number of amides is 1. The fraction of sp³-hybridized carbons (Fsp3) is 0.227. The second-order valence-corrected chi connectivity index (χ2v) is 8.22. The molecule has 4 aromatic rings. The van der Waals surface area contributed by atoms with Crippen LogP contribution in [0.2, 0.25) is 0 Å². The molecular formula is C22H18BrN3O3. The molecule has 7 heteroatoms. The minimum atomic E-state index is -0.264. The Morgan fingerprint density at radius 2 is 1.90 bits per heavy atom. The first-order valence-corrected chi connectivity index (χ1v) is 10.4. The van der Waals surface area contributed by atoms with Crippen molar-refractivity contribution in [3.63, 3.8) is 0 Å². The van der Waals surface area contributed by atoms with Crippen LogP contribution in [-0.4, -0.2) is 33.9 Å². The highest BCUT2D eigenvalue weighted by Crippen LogP contribution is 2.31. The Bertz CT molecular complexity index is 1270. The van der Waals surface area contributed by atoms with Crippen molar-refractivity contribution in [1.82, 2.24) is 14.9 Å². The van der Waals surface area contributed by atoms with Gasteiger partial charge in [0.1, 0.15) is 16.9 Å². The summed E-state index contributed by atoms with van der Waals surface area (Å²) in [6.07, 6.45) is 1.51. The Labute approximate surface area is 174 Å². The van der Waals surface area contributed by atoms with Gasteiger partial charge in [-0.05, 0) is 43.2 Å². The number of hydrogen-bond acceptors (Lipinski definition) is 4. The number of H-pyrrole nitrogens is 1. The van der Waals surface area contributed by atoms with E-state index >= 15 is 0 Å². The van der Waals surface area contributed by atoms with E-state index in [1.807, 2.05) is 53.4 Å². The molecule has 0 atom stereocenters. The predicted octanol–water partition coefficient (Wildman–Crippen LogP) is 4.45. The molecule has 146 valence electrons. The SMILES string of the molecule is O=C(c1ccccc1)N1CCC(c2nc3c(oc4ccc(Br)cc43)c(=O)[nH]2)CC1. The molecule has 1 amide bonds. The third-order valence-corrected chi connectivity index (χ3v) is 5.99. The second-order valence-electron chi connectivity index (χ2n) is 7.30. The summed E-state index contributed by atoms with van der Waals surface area (Å²) in [5.74, 6) is 0.813. The summed E-state index contributed by atoms with van der Waals surface area (Å²) in [5, 5.41) is 0.818. The third kappa shape index (κ3) is 3.25. The van der Waals surface area contributed by atoms with E-state index in [2.05, 4.69) is 20.9 Å². The van der Waals surface area contributed by atoms with Gasteiger partial charge in [0, 0.05) is 34.4 Å². The highest BCUT2D eigenvalue weighted by molar-refractivity contribution is 9.10. The maximum atomic E-state index is 12.7. The quantitative estimate of drug-likeness (QED) is 0.488. The minimum Gasteiger partial charge on any atom is -0.449 e. The van der Waals surface area contributed by atoms with E-state index in [4.69, 9.17) is 9.40 Å². The molecule has 0 radical (unpaired) electrons. The van der Waals surface area contributed by atoms with Crippen LogP contribution in [0, 0.1) is 0 Å². The van der Waals surface area contributed by atoms with Gasteiger partial charge in [-0.15, -0.1) is 0 Å². The van der Waals surface area contributed by atoms with Gasteiger partial charge in [-0.1, -0.05) is 34.1 Å². The number of fused-ring (bicyclic) bond motifs is 3. The maximum Gasteiger partial charge on any atom is 0.294 e. The molecular weight excluding hydrogens is 434 g/mol. The van der Waals surface area contributed by atoms with Crippen LogP contribution >= 0.6 is 15.9 Å². The Morgan fingerprint density at radius 1 is 1.14 bits per heavy atom. The Balaban J connectivity index is 1.42. The van der Waals surface area contributed by atoms with Gasteiger partial charge >= 0.3 is 0 Å². The van der Waals surface area contributed by atoms with Crippen molar-refractivity contribution in [3.8, 4) is 0 Å². The fourth-order valence-corrected chi connectivity index (χ4v) is 4.32. The number of rotatable bonds is 2. The van der Waals surface area contributed by atoms with E-state index in [0.29, 0.717) is 35.6 Å². The van der Waals surface area contributed by atoms with E-state index in [9.17, 15) is 9.59 Å². The number of nitrogens with one attached hydrogen (secondary N) is 1. The van der Waals surface area contributed by atoms with Crippen LogP contribution in [0.25, 0.3) is 22.1 Å². The van der Waals surface area contributed by atoms with Gasteiger partial charge in [0.2, 0.25) is 5.58 Å². The molecule has 5 rings (SSSR count). The van der Waals surface area contributed by atoms with Crippen molar-refractivity contribution >= 4 is 43.9 Å². The summed E-state index contributed by atoms with van der Waals surface area (Å²) in [4.78, 5) is 34.7. The summed E-state index contributed by atoms with van der Waals surface area (Å²) in [7, 11) is 0. The van der Waals surface area contributed by atoms with Crippen LogP contribution < -0.4 is 5.56 Å². The number of carbonyl (C=O) groups excluding carboxylic acids is 1. The standard InChI is InChI=1S/C22H18BrN3O3/c23-15-6-7-17-16(12-15)18-19(29-17)21(27)25-20(24-18)13-8-10-26(11-9-13)22(28)14-4-2-1-3-5-14/h1-7,12-13H,8-11H2,(H,24,25,27). The normalized spacial score (nSPS) is 15.3. The molecule has 0 aliphatic carbocycles. The fourth-order valence-electron chi connectivity index (χ4n) is 3.96. The minimum absolute atomic E-state index is 0.0478. The highest BCUT2D eigenvalue weighted by atomic mass is 79.9. The molecule has 2 aromatic carbocycles. The lowest BCUT2D eigenvalue weighted by atomic mass is 9.95. The number of aromatic nitrogens is 2. The van der Waals surface area contributed by atoms with E-state index in [1.165, 1.54) is 0 Å². The number of nitrogens with zero attached hydrogens (tertiary/aromatic N) is 2. The summed E-state index contributed by atoms with van der Waals surface area (Å²) >= 11 is 3.46. The molecule has 0 unspecified atom stereocenters. The van der Waals surface area contributed by atoms with Gasteiger partial charge in [0.15, 0.2) is 0 Å². The lowest BCUT2D eigenvalue weighted by Gasteiger charge is -2.31. The number of hydrogen-bond donors (Lipinski definition) is 1. The Morgan fingerprint density at radius 3 is 2.66 bits per heavy atom. The molecule has 0 saturated carbocycles. The molecule has 1 fully saturated rings. The molecule has 29 heavy (non-hydrogen) atoms. The van der Waals surface area contributed by atoms with Crippen LogP contribution in [0.4, 0.5) is 0 Å². The van der Waals surface area contributed by atoms with E-state index in [-0.39, 0.29) is 23.0 Å². The average Bonchev–Trinajstić information content (AvgIpc) is 3.12. The van der Waals surface area contributed by atoms with Crippen LogP contribution in [0.5, 0.6) is 0 Å². The largest absolute Gasteiger partial charge is 0.449 e. The zero-order chi connectivity index (χ0) is 20.0. The molecule has 2 aromatic heterocycles. The monoisotopic (exact) mass is 451 g/mol. The van der Waals surface area contributed by atoms with Crippen molar-refractivity contribution in [3.05, 3.63) is 74.7 Å².